The first kappa shape index (κ1) is 17.9. The van der Waals surface area contributed by atoms with Crippen LogP contribution in [0, 0.1) is 0 Å². The molecule has 6 heteroatoms. The summed E-state index contributed by atoms with van der Waals surface area (Å²) in [7, 11) is 0. The number of anilines is 1. The number of amides is 1. The number of benzene rings is 3. The molecule has 0 heterocycles. The van der Waals surface area contributed by atoms with Crippen molar-refractivity contribution in [2.24, 2.45) is 0 Å². The second-order valence-corrected chi connectivity index (χ2v) is 6.39. The normalized spacial score (nSPS) is 10.3. The highest BCUT2D eigenvalue weighted by molar-refractivity contribution is 9.10. The van der Waals surface area contributed by atoms with Gasteiger partial charge in [-0.05, 0) is 35.7 Å². The lowest BCUT2D eigenvalue weighted by molar-refractivity contribution is -0.149. The van der Waals surface area contributed by atoms with Crippen LogP contribution in [0.2, 0.25) is 0 Å². The summed E-state index contributed by atoms with van der Waals surface area (Å²) >= 11 is 3.32. The maximum atomic E-state index is 12.0. The molecule has 0 aliphatic rings. The molecule has 0 aromatic heterocycles. The summed E-state index contributed by atoms with van der Waals surface area (Å²) in [6.07, 6.45) is 0. The molecule has 0 saturated heterocycles. The van der Waals surface area contributed by atoms with Gasteiger partial charge in [0.2, 0.25) is 0 Å². The van der Waals surface area contributed by atoms with Crippen molar-refractivity contribution in [1.82, 2.24) is 0 Å². The van der Waals surface area contributed by atoms with Crippen molar-refractivity contribution in [2.75, 3.05) is 18.5 Å². The number of fused-ring (bicyclic) bond motifs is 1. The number of halogens is 1. The van der Waals surface area contributed by atoms with Gasteiger partial charge in [0.15, 0.2) is 13.2 Å². The molecule has 0 fully saturated rings. The van der Waals surface area contributed by atoms with E-state index < -0.39 is 11.9 Å². The van der Waals surface area contributed by atoms with E-state index >= 15 is 0 Å². The molecule has 26 heavy (non-hydrogen) atoms. The lowest BCUT2D eigenvalue weighted by Gasteiger charge is -2.10. The monoisotopic (exact) mass is 413 g/mol. The standard InChI is InChI=1S/C20H16BrNO4/c21-15-8-10-16(11-9-15)25-13-20(24)26-12-19(23)22-18-7-3-5-14-4-1-2-6-17(14)18/h1-11H,12-13H2,(H,22,23). The molecule has 0 aliphatic carbocycles. The molecule has 0 aliphatic heterocycles. The first-order valence-electron chi connectivity index (χ1n) is 7.93. The van der Waals surface area contributed by atoms with E-state index in [0.717, 1.165) is 15.2 Å². The van der Waals surface area contributed by atoms with E-state index in [-0.39, 0.29) is 13.2 Å². The highest BCUT2D eigenvalue weighted by Gasteiger charge is 2.10. The zero-order chi connectivity index (χ0) is 18.4. The van der Waals surface area contributed by atoms with Crippen LogP contribution in [0.25, 0.3) is 10.8 Å². The van der Waals surface area contributed by atoms with Crippen LogP contribution in [-0.4, -0.2) is 25.1 Å². The third kappa shape index (κ3) is 4.83. The van der Waals surface area contributed by atoms with E-state index in [9.17, 15) is 9.59 Å². The van der Waals surface area contributed by atoms with Crippen molar-refractivity contribution in [3.63, 3.8) is 0 Å². The summed E-state index contributed by atoms with van der Waals surface area (Å²) in [4.78, 5) is 23.8. The smallest absolute Gasteiger partial charge is 0.344 e. The Morgan fingerprint density at radius 1 is 0.885 bits per heavy atom. The second kappa shape index (κ2) is 8.49. The number of ether oxygens (including phenoxy) is 2. The average molecular weight is 414 g/mol. The Labute approximate surface area is 159 Å². The quantitative estimate of drug-likeness (QED) is 0.616. The van der Waals surface area contributed by atoms with Crippen LogP contribution >= 0.6 is 15.9 Å². The van der Waals surface area contributed by atoms with Crippen LogP contribution < -0.4 is 10.1 Å². The van der Waals surface area contributed by atoms with Gasteiger partial charge in [-0.3, -0.25) is 4.79 Å². The summed E-state index contributed by atoms with van der Waals surface area (Å²) < 4.78 is 11.2. The highest BCUT2D eigenvalue weighted by Crippen LogP contribution is 2.22. The molecule has 3 aromatic carbocycles. The molecular weight excluding hydrogens is 398 g/mol. The Bertz CT molecular complexity index is 919. The van der Waals surface area contributed by atoms with Gasteiger partial charge in [0.25, 0.3) is 5.91 Å². The van der Waals surface area contributed by atoms with E-state index in [4.69, 9.17) is 9.47 Å². The maximum Gasteiger partial charge on any atom is 0.344 e. The van der Waals surface area contributed by atoms with Crippen molar-refractivity contribution in [3.05, 3.63) is 71.2 Å². The molecule has 0 radical (unpaired) electrons. The van der Waals surface area contributed by atoms with E-state index in [0.29, 0.717) is 11.4 Å². The molecular formula is C20H16BrNO4. The van der Waals surface area contributed by atoms with Gasteiger partial charge in [0, 0.05) is 15.5 Å². The topological polar surface area (TPSA) is 64.6 Å². The summed E-state index contributed by atoms with van der Waals surface area (Å²) in [6.45, 7) is -0.630. The number of hydrogen-bond acceptors (Lipinski definition) is 4. The Hall–Kier alpha value is -2.86. The number of hydrogen-bond donors (Lipinski definition) is 1. The number of carbonyl (C=O) groups is 2. The summed E-state index contributed by atoms with van der Waals surface area (Å²) in [6, 6.07) is 20.4. The lowest BCUT2D eigenvalue weighted by atomic mass is 10.1. The minimum atomic E-state index is -0.610. The molecule has 0 unspecified atom stereocenters. The largest absolute Gasteiger partial charge is 0.482 e. The van der Waals surface area contributed by atoms with Crippen LogP contribution in [0.5, 0.6) is 5.75 Å². The van der Waals surface area contributed by atoms with E-state index in [1.807, 2.05) is 36.4 Å². The van der Waals surface area contributed by atoms with Gasteiger partial charge in [-0.2, -0.15) is 0 Å². The maximum absolute atomic E-state index is 12.0. The first-order chi connectivity index (χ1) is 12.6. The van der Waals surface area contributed by atoms with Crippen LogP contribution in [-0.2, 0) is 14.3 Å². The molecule has 132 valence electrons. The number of carbonyl (C=O) groups excluding carboxylic acids is 2. The predicted octanol–water partition coefficient (Wildman–Crippen LogP) is 4.16. The van der Waals surface area contributed by atoms with Gasteiger partial charge in [0.1, 0.15) is 5.75 Å². The van der Waals surface area contributed by atoms with Gasteiger partial charge in [-0.1, -0.05) is 52.3 Å². The van der Waals surface area contributed by atoms with Gasteiger partial charge in [-0.25, -0.2) is 4.79 Å². The van der Waals surface area contributed by atoms with E-state index in [2.05, 4.69) is 21.2 Å². The van der Waals surface area contributed by atoms with E-state index in [1.54, 1.807) is 30.3 Å². The van der Waals surface area contributed by atoms with Crippen molar-refractivity contribution >= 4 is 44.3 Å². The van der Waals surface area contributed by atoms with Crippen molar-refractivity contribution in [3.8, 4) is 5.75 Å². The Balaban J connectivity index is 1.49. The van der Waals surface area contributed by atoms with Crippen LogP contribution in [0.15, 0.2) is 71.2 Å². The lowest BCUT2D eigenvalue weighted by Crippen LogP contribution is -2.23. The Morgan fingerprint density at radius 2 is 1.62 bits per heavy atom. The molecule has 1 N–H and O–H groups in total. The molecule has 3 aromatic rings. The molecule has 0 bridgehead atoms. The fourth-order valence-electron chi connectivity index (χ4n) is 2.38. The van der Waals surface area contributed by atoms with Crippen molar-refractivity contribution < 1.29 is 19.1 Å². The van der Waals surface area contributed by atoms with Gasteiger partial charge >= 0.3 is 5.97 Å². The minimum absolute atomic E-state index is 0.261. The zero-order valence-corrected chi connectivity index (χ0v) is 15.4. The molecule has 1 amide bonds. The van der Waals surface area contributed by atoms with Crippen molar-refractivity contribution in [1.29, 1.82) is 0 Å². The van der Waals surface area contributed by atoms with Gasteiger partial charge in [-0.15, -0.1) is 0 Å². The molecule has 0 spiro atoms. The fraction of sp³-hybridized carbons (Fsp3) is 0.100. The summed E-state index contributed by atoms with van der Waals surface area (Å²) in [5, 5.41) is 4.70. The van der Waals surface area contributed by atoms with Crippen molar-refractivity contribution in [2.45, 2.75) is 0 Å². The SMILES string of the molecule is O=C(COC(=O)COc1ccc(Br)cc1)Nc1cccc2ccccc12. The zero-order valence-electron chi connectivity index (χ0n) is 13.8. The number of rotatable bonds is 6. The Morgan fingerprint density at radius 3 is 2.42 bits per heavy atom. The van der Waals surface area contributed by atoms with Crippen LogP contribution in [0.4, 0.5) is 5.69 Å². The molecule has 0 atom stereocenters. The minimum Gasteiger partial charge on any atom is -0.482 e. The van der Waals surface area contributed by atoms with E-state index in [1.165, 1.54) is 0 Å². The number of esters is 1. The highest BCUT2D eigenvalue weighted by atomic mass is 79.9. The average Bonchev–Trinajstić information content (AvgIpc) is 2.66. The summed E-state index contributed by atoms with van der Waals surface area (Å²) in [5.41, 5.74) is 0.676. The summed E-state index contributed by atoms with van der Waals surface area (Å²) in [5.74, 6) is -0.468. The van der Waals surface area contributed by atoms with Gasteiger partial charge < -0.3 is 14.8 Å². The first-order valence-corrected chi connectivity index (χ1v) is 8.73. The van der Waals surface area contributed by atoms with Crippen LogP contribution in [0.3, 0.4) is 0 Å². The fourth-order valence-corrected chi connectivity index (χ4v) is 2.65. The predicted molar refractivity (Wildman–Crippen MR) is 103 cm³/mol. The Kier molecular flexibility index (Phi) is 5.86. The second-order valence-electron chi connectivity index (χ2n) is 5.48. The van der Waals surface area contributed by atoms with Crippen LogP contribution in [0.1, 0.15) is 0 Å². The number of nitrogens with one attached hydrogen (secondary N) is 1. The van der Waals surface area contributed by atoms with Gasteiger partial charge in [0.05, 0.1) is 0 Å². The third-order valence-corrected chi connectivity index (χ3v) is 4.13. The third-order valence-electron chi connectivity index (χ3n) is 3.60. The molecule has 0 saturated carbocycles. The molecule has 3 rings (SSSR count). The molecule has 5 nitrogen and oxygen atoms in total.